The Morgan fingerprint density at radius 3 is 1.20 bits per heavy atom. The molecule has 0 bridgehead atoms. The lowest BCUT2D eigenvalue weighted by Crippen LogP contribution is -2.04. The summed E-state index contributed by atoms with van der Waals surface area (Å²) in [5.74, 6) is 0. The van der Waals surface area contributed by atoms with Gasteiger partial charge in [-0.2, -0.15) is 0 Å². The Bertz CT molecular complexity index is 520. The summed E-state index contributed by atoms with van der Waals surface area (Å²) in [6.45, 7) is 0. The minimum Gasteiger partial charge on any atom is -0.114 e. The molecule has 100 valence electrons. The minimum atomic E-state index is 0.449. The van der Waals surface area contributed by atoms with Crippen LogP contribution in [0.4, 0.5) is 0 Å². The molecule has 0 amide bonds. The lowest BCUT2D eigenvalue weighted by Gasteiger charge is -2.16. The van der Waals surface area contributed by atoms with Crippen LogP contribution in [0.25, 0.3) is 0 Å². The molecule has 0 radical (unpaired) electrons. The van der Waals surface area contributed by atoms with Gasteiger partial charge in [-0.25, -0.2) is 0 Å². The first-order valence-corrected chi connectivity index (χ1v) is 8.46. The molecule has 1 aliphatic rings. The van der Waals surface area contributed by atoms with Gasteiger partial charge in [-0.1, -0.05) is 60.7 Å². The third-order valence-corrected chi connectivity index (χ3v) is 5.27. The number of rotatable bonds is 4. The summed E-state index contributed by atoms with van der Waals surface area (Å²) in [5.41, 5.74) is 0. The van der Waals surface area contributed by atoms with E-state index in [2.05, 4.69) is 85.0 Å². The van der Waals surface area contributed by atoms with Crippen LogP contribution in [0.15, 0.2) is 94.8 Å². The fourth-order valence-electron chi connectivity index (χ4n) is 2.04. The van der Waals surface area contributed by atoms with Gasteiger partial charge >= 0.3 is 0 Å². The lowest BCUT2D eigenvalue weighted by atomic mass is 10.2. The van der Waals surface area contributed by atoms with E-state index in [1.54, 1.807) is 0 Å². The van der Waals surface area contributed by atoms with Crippen molar-refractivity contribution in [2.45, 2.75) is 20.3 Å². The zero-order valence-electron chi connectivity index (χ0n) is 11.1. The summed E-state index contributed by atoms with van der Waals surface area (Å²) >= 11 is 3.78. The van der Waals surface area contributed by atoms with E-state index in [0.29, 0.717) is 10.5 Å². The van der Waals surface area contributed by atoms with Crippen molar-refractivity contribution < 1.29 is 0 Å². The summed E-state index contributed by atoms with van der Waals surface area (Å²) in [7, 11) is 0. The Kier molecular flexibility index (Phi) is 4.67. The van der Waals surface area contributed by atoms with Gasteiger partial charge in [0.05, 0.1) is 0 Å². The summed E-state index contributed by atoms with van der Waals surface area (Å²) in [4.78, 5) is 2.64. The van der Waals surface area contributed by atoms with Gasteiger partial charge in [-0.05, 0) is 24.3 Å². The van der Waals surface area contributed by atoms with Crippen LogP contribution >= 0.6 is 23.5 Å². The molecule has 0 aliphatic heterocycles. The predicted molar refractivity (Wildman–Crippen MR) is 90.5 cm³/mol. The minimum absolute atomic E-state index is 0.449. The van der Waals surface area contributed by atoms with E-state index in [0.717, 1.165) is 0 Å². The van der Waals surface area contributed by atoms with Gasteiger partial charge in [0.15, 0.2) is 0 Å². The normalized spacial score (nSPS) is 21.0. The van der Waals surface area contributed by atoms with Crippen molar-refractivity contribution in [2.24, 2.45) is 0 Å². The second kappa shape index (κ2) is 6.87. The fraction of sp³-hybridized carbons (Fsp3) is 0.111. The molecule has 0 atom stereocenters. The Hall–Kier alpha value is -1.38. The topological polar surface area (TPSA) is 0 Å². The van der Waals surface area contributed by atoms with Crippen molar-refractivity contribution in [2.75, 3.05) is 0 Å². The average Bonchev–Trinajstić information content (AvgIpc) is 2.51. The maximum absolute atomic E-state index is 2.30. The van der Waals surface area contributed by atoms with Crippen molar-refractivity contribution in [1.82, 2.24) is 0 Å². The van der Waals surface area contributed by atoms with E-state index in [9.17, 15) is 0 Å². The molecule has 2 aromatic carbocycles. The van der Waals surface area contributed by atoms with Gasteiger partial charge in [0.25, 0.3) is 0 Å². The highest BCUT2D eigenvalue weighted by Gasteiger charge is 2.11. The summed E-state index contributed by atoms with van der Waals surface area (Å²) in [6, 6.07) is 21.1. The molecule has 0 unspecified atom stereocenters. The third-order valence-electron chi connectivity index (χ3n) is 3.01. The first-order chi connectivity index (χ1) is 9.90. The first-order valence-electron chi connectivity index (χ1n) is 6.70. The van der Waals surface area contributed by atoms with Crippen LogP contribution in [0, 0.1) is 0 Å². The monoisotopic (exact) mass is 296 g/mol. The molecule has 0 saturated carbocycles. The highest BCUT2D eigenvalue weighted by molar-refractivity contribution is 8.00. The molecule has 2 aromatic rings. The molecule has 0 saturated heterocycles. The van der Waals surface area contributed by atoms with Gasteiger partial charge < -0.3 is 0 Å². The highest BCUT2D eigenvalue weighted by atomic mass is 32.2. The van der Waals surface area contributed by atoms with Crippen LogP contribution in [-0.2, 0) is 0 Å². The lowest BCUT2D eigenvalue weighted by molar-refractivity contribution is 1.24. The standard InChI is InChI=1S/C18H16S2/c1-3-7-15(8-4-1)19-17-11-13-18(14-12-17)20-16-9-5-2-6-10-16/h1-14,17-18H. The number of hydrogen-bond donors (Lipinski definition) is 0. The predicted octanol–water partition coefficient (Wildman–Crippen LogP) is 5.43. The molecule has 0 N–H and O–H groups in total. The van der Waals surface area contributed by atoms with Crippen LogP contribution in [-0.4, -0.2) is 10.5 Å². The smallest absolute Gasteiger partial charge is 0.0456 e. The van der Waals surface area contributed by atoms with E-state index in [1.807, 2.05) is 23.5 Å². The zero-order valence-corrected chi connectivity index (χ0v) is 12.7. The molecule has 0 aromatic heterocycles. The first kappa shape index (κ1) is 13.6. The van der Waals surface area contributed by atoms with Gasteiger partial charge in [0.1, 0.15) is 0 Å². The molecule has 0 nitrogen and oxygen atoms in total. The van der Waals surface area contributed by atoms with Crippen molar-refractivity contribution >= 4 is 23.5 Å². The molecule has 0 heterocycles. The van der Waals surface area contributed by atoms with Crippen LogP contribution in [0.2, 0.25) is 0 Å². The Morgan fingerprint density at radius 1 is 0.500 bits per heavy atom. The average molecular weight is 296 g/mol. The van der Waals surface area contributed by atoms with Crippen molar-refractivity contribution in [3.8, 4) is 0 Å². The van der Waals surface area contributed by atoms with Crippen molar-refractivity contribution in [3.63, 3.8) is 0 Å². The number of hydrogen-bond acceptors (Lipinski definition) is 2. The molecule has 0 fully saturated rings. The summed E-state index contributed by atoms with van der Waals surface area (Å²) in [5, 5.41) is 0.898. The maximum atomic E-state index is 2.30. The second-order valence-corrected chi connectivity index (χ2v) is 7.06. The van der Waals surface area contributed by atoms with E-state index < -0.39 is 0 Å². The molecule has 2 heteroatoms. The zero-order chi connectivity index (χ0) is 13.6. The number of benzene rings is 2. The van der Waals surface area contributed by atoms with Crippen molar-refractivity contribution in [3.05, 3.63) is 85.0 Å². The summed E-state index contributed by atoms with van der Waals surface area (Å²) < 4.78 is 0. The largest absolute Gasteiger partial charge is 0.114 e. The van der Waals surface area contributed by atoms with Gasteiger partial charge in [0, 0.05) is 20.3 Å². The van der Waals surface area contributed by atoms with Crippen LogP contribution in [0.3, 0.4) is 0 Å². The Labute approximate surface area is 129 Å². The molecule has 3 rings (SSSR count). The Balaban J connectivity index is 1.57. The summed E-state index contributed by atoms with van der Waals surface area (Å²) in [6.07, 6.45) is 9.22. The molecule has 0 spiro atoms. The van der Waals surface area contributed by atoms with E-state index in [-0.39, 0.29) is 0 Å². The highest BCUT2D eigenvalue weighted by Crippen LogP contribution is 2.31. The molecule has 1 aliphatic carbocycles. The van der Waals surface area contributed by atoms with Crippen LogP contribution < -0.4 is 0 Å². The van der Waals surface area contributed by atoms with E-state index in [4.69, 9.17) is 0 Å². The Morgan fingerprint density at radius 2 is 0.850 bits per heavy atom. The molecular weight excluding hydrogens is 280 g/mol. The van der Waals surface area contributed by atoms with Gasteiger partial charge in [0.2, 0.25) is 0 Å². The quantitative estimate of drug-likeness (QED) is 0.690. The van der Waals surface area contributed by atoms with Gasteiger partial charge in [-0.3, -0.25) is 0 Å². The second-order valence-electron chi connectivity index (χ2n) is 4.56. The molecular formula is C18H16S2. The van der Waals surface area contributed by atoms with Crippen LogP contribution in [0.5, 0.6) is 0 Å². The van der Waals surface area contributed by atoms with Crippen molar-refractivity contribution in [1.29, 1.82) is 0 Å². The van der Waals surface area contributed by atoms with Gasteiger partial charge in [-0.15, -0.1) is 23.5 Å². The van der Waals surface area contributed by atoms with Crippen LogP contribution in [0.1, 0.15) is 0 Å². The fourth-order valence-corrected chi connectivity index (χ4v) is 3.97. The number of thioether (sulfide) groups is 2. The molecule has 20 heavy (non-hydrogen) atoms. The van der Waals surface area contributed by atoms with E-state index in [1.165, 1.54) is 9.79 Å². The maximum Gasteiger partial charge on any atom is 0.0456 e. The van der Waals surface area contributed by atoms with E-state index >= 15 is 0 Å². The SMILES string of the molecule is C1=CC(Sc2ccccc2)C=CC1Sc1ccccc1. The third kappa shape index (κ3) is 3.81.